The summed E-state index contributed by atoms with van der Waals surface area (Å²) in [4.78, 5) is 0. The van der Waals surface area contributed by atoms with Crippen LogP contribution in [-0.4, -0.2) is 9.13 Å². The molecule has 0 radical (unpaired) electrons. The lowest BCUT2D eigenvalue weighted by atomic mass is 9.95. The third-order valence-electron chi connectivity index (χ3n) is 13.6. The summed E-state index contributed by atoms with van der Waals surface area (Å²) >= 11 is 0. The zero-order valence-electron chi connectivity index (χ0n) is 33.7. The zero-order chi connectivity index (χ0) is 40.5. The quantitative estimate of drug-likeness (QED) is 0.168. The number of aromatic nitrogens is 2. The minimum Gasteiger partial charge on any atom is -0.309 e. The first-order valence-corrected chi connectivity index (χ1v) is 21.5. The van der Waals surface area contributed by atoms with Crippen LogP contribution in [0.1, 0.15) is 0 Å². The second kappa shape index (κ2) is 12.7. The van der Waals surface area contributed by atoms with Crippen molar-refractivity contribution in [3.63, 3.8) is 0 Å². The lowest BCUT2D eigenvalue weighted by molar-refractivity contribution is 1.18. The van der Waals surface area contributed by atoms with Gasteiger partial charge in [-0.2, -0.15) is 0 Å². The molecule has 2 heteroatoms. The smallest absolute Gasteiger partial charge is 0.0541 e. The summed E-state index contributed by atoms with van der Waals surface area (Å²) in [6.07, 6.45) is 0. The fourth-order valence-corrected chi connectivity index (χ4v) is 10.7. The van der Waals surface area contributed by atoms with Gasteiger partial charge < -0.3 is 9.13 Å². The van der Waals surface area contributed by atoms with Crippen molar-refractivity contribution in [1.82, 2.24) is 9.13 Å². The molecule has 2 nitrogen and oxygen atoms in total. The Morgan fingerprint density at radius 2 is 0.677 bits per heavy atom. The van der Waals surface area contributed by atoms with Crippen molar-refractivity contribution in [3.8, 4) is 55.9 Å². The molecule has 0 saturated heterocycles. The molecule has 14 rings (SSSR count). The van der Waals surface area contributed by atoms with E-state index < -0.39 is 0 Å². The van der Waals surface area contributed by atoms with Crippen molar-refractivity contribution in [2.45, 2.75) is 0 Å². The van der Waals surface area contributed by atoms with Crippen molar-refractivity contribution in [2.24, 2.45) is 0 Å². The van der Waals surface area contributed by atoms with Crippen LogP contribution in [0, 0.1) is 0 Å². The summed E-state index contributed by atoms with van der Waals surface area (Å²) < 4.78 is 4.84. The van der Waals surface area contributed by atoms with Gasteiger partial charge in [-0.3, -0.25) is 0 Å². The maximum atomic E-state index is 2.43. The first-order chi connectivity index (χ1) is 30.7. The Labute approximate surface area is 357 Å². The van der Waals surface area contributed by atoms with E-state index in [0.29, 0.717) is 0 Å². The maximum Gasteiger partial charge on any atom is 0.0541 e. The summed E-state index contributed by atoms with van der Waals surface area (Å²) in [6, 6.07) is 81.1. The van der Waals surface area contributed by atoms with Gasteiger partial charge in [0.1, 0.15) is 0 Å². The highest BCUT2D eigenvalue weighted by Gasteiger charge is 2.22. The van der Waals surface area contributed by atoms with Crippen molar-refractivity contribution < 1.29 is 0 Å². The molecule has 0 fully saturated rings. The molecule has 2 heterocycles. The molecule has 1 aliphatic carbocycles. The van der Waals surface area contributed by atoms with Gasteiger partial charge in [0.25, 0.3) is 0 Å². The number of nitrogens with zero attached hydrogens (tertiary/aromatic N) is 2. The van der Waals surface area contributed by atoms with Crippen molar-refractivity contribution in [2.75, 3.05) is 0 Å². The molecular formula is C60H36N2. The highest BCUT2D eigenvalue weighted by atomic mass is 15.0. The van der Waals surface area contributed by atoms with Crippen LogP contribution in [0.3, 0.4) is 0 Å². The van der Waals surface area contributed by atoms with E-state index in [9.17, 15) is 0 Å². The molecule has 286 valence electrons. The summed E-state index contributed by atoms with van der Waals surface area (Å²) in [5, 5.41) is 12.6. The first-order valence-electron chi connectivity index (χ1n) is 21.5. The second-order valence-corrected chi connectivity index (χ2v) is 16.9. The number of hydrogen-bond donors (Lipinski definition) is 0. The average molecular weight is 785 g/mol. The molecule has 2 aromatic heterocycles. The summed E-state index contributed by atoms with van der Waals surface area (Å²) in [5.41, 5.74) is 17.4. The minimum atomic E-state index is 1.16. The third kappa shape index (κ3) is 4.80. The highest BCUT2D eigenvalue weighted by molar-refractivity contribution is 6.17. The summed E-state index contributed by atoms with van der Waals surface area (Å²) in [5.74, 6) is 0. The Kier molecular flexibility index (Phi) is 6.86. The van der Waals surface area contributed by atoms with Gasteiger partial charge in [-0.25, -0.2) is 0 Å². The molecule has 0 saturated carbocycles. The fraction of sp³-hybridized carbons (Fsp3) is 0. The molecule has 13 aromatic rings. The molecular weight excluding hydrogens is 749 g/mol. The van der Waals surface area contributed by atoms with Gasteiger partial charge in [-0.15, -0.1) is 0 Å². The molecule has 0 spiro atoms. The van der Waals surface area contributed by atoms with E-state index in [1.807, 2.05) is 0 Å². The standard InChI is InChI=1S/C60H36N2/c1-2-11-38-32-46(26-22-37(38)10-1)61-56-18-7-5-15-50(56)53-34-42(24-28-58(53)61)43-25-29-59-54(35-43)51-16-6-8-19-57(51)62(59)47-27-23-39-30-40(20-21-41(39)33-47)45-31-44-12-9-17-52-48-13-3-4-14-49(48)55(36-45)60(44)52/h1-36H. The zero-order valence-corrected chi connectivity index (χ0v) is 33.7. The van der Waals surface area contributed by atoms with Gasteiger partial charge in [0.2, 0.25) is 0 Å². The first kappa shape index (κ1) is 33.6. The Morgan fingerprint density at radius 3 is 1.37 bits per heavy atom. The number of rotatable bonds is 4. The Bertz CT molecular complexity index is 4050. The fourth-order valence-electron chi connectivity index (χ4n) is 10.7. The topological polar surface area (TPSA) is 9.86 Å². The third-order valence-corrected chi connectivity index (χ3v) is 13.6. The van der Waals surface area contributed by atoms with Gasteiger partial charge >= 0.3 is 0 Å². The molecule has 0 aliphatic heterocycles. The van der Waals surface area contributed by atoms with Crippen molar-refractivity contribution >= 4 is 75.9 Å². The molecule has 0 amide bonds. The summed E-state index contributed by atoms with van der Waals surface area (Å²) in [6.45, 7) is 0. The van der Waals surface area contributed by atoms with E-state index in [2.05, 4.69) is 228 Å². The van der Waals surface area contributed by atoms with Gasteiger partial charge in [-0.05, 0) is 156 Å². The molecule has 1 aliphatic rings. The molecule has 0 N–H and O–H groups in total. The van der Waals surface area contributed by atoms with Gasteiger partial charge in [0.15, 0.2) is 0 Å². The molecule has 0 unspecified atom stereocenters. The van der Waals surface area contributed by atoms with E-state index in [4.69, 9.17) is 0 Å². The van der Waals surface area contributed by atoms with Gasteiger partial charge in [-0.1, -0.05) is 140 Å². The van der Waals surface area contributed by atoms with E-state index in [-0.39, 0.29) is 0 Å². The Balaban J connectivity index is 0.864. The average Bonchev–Trinajstić information content (AvgIpc) is 3.97. The largest absolute Gasteiger partial charge is 0.309 e. The van der Waals surface area contributed by atoms with Crippen LogP contribution < -0.4 is 0 Å². The monoisotopic (exact) mass is 784 g/mol. The van der Waals surface area contributed by atoms with Crippen molar-refractivity contribution in [1.29, 1.82) is 0 Å². The summed E-state index contributed by atoms with van der Waals surface area (Å²) in [7, 11) is 0. The normalized spacial score (nSPS) is 12.2. The molecule has 0 bridgehead atoms. The van der Waals surface area contributed by atoms with E-state index in [1.165, 1.54) is 126 Å². The number of para-hydroxylation sites is 2. The van der Waals surface area contributed by atoms with Crippen molar-refractivity contribution in [3.05, 3.63) is 218 Å². The lowest BCUT2D eigenvalue weighted by Gasteiger charge is -2.12. The SMILES string of the molecule is c1ccc2c(c1)-c1cccc3cc(-c4ccc5cc(-n6c7ccccc7c7cc(-c8ccc9c(c8)c8ccccc8n9-c8ccc9ccccc9c8)ccc76)ccc5c4)cc-2c13. The van der Waals surface area contributed by atoms with Crippen LogP contribution >= 0.6 is 0 Å². The van der Waals surface area contributed by atoms with Crippen LogP contribution in [0.4, 0.5) is 0 Å². The number of fused-ring (bicyclic) bond motifs is 11. The predicted molar refractivity (Wildman–Crippen MR) is 263 cm³/mol. The molecule has 11 aromatic carbocycles. The van der Waals surface area contributed by atoms with E-state index in [1.54, 1.807) is 0 Å². The van der Waals surface area contributed by atoms with Crippen LogP contribution in [0.2, 0.25) is 0 Å². The van der Waals surface area contributed by atoms with Crippen LogP contribution in [-0.2, 0) is 0 Å². The van der Waals surface area contributed by atoms with E-state index >= 15 is 0 Å². The Hall–Kier alpha value is -8.20. The van der Waals surface area contributed by atoms with Crippen LogP contribution in [0.5, 0.6) is 0 Å². The minimum absolute atomic E-state index is 1.16. The van der Waals surface area contributed by atoms with Gasteiger partial charge in [0, 0.05) is 32.9 Å². The van der Waals surface area contributed by atoms with Crippen LogP contribution in [0.15, 0.2) is 218 Å². The van der Waals surface area contributed by atoms with E-state index in [0.717, 1.165) is 5.69 Å². The predicted octanol–water partition coefficient (Wildman–Crippen LogP) is 16.3. The van der Waals surface area contributed by atoms with Crippen LogP contribution in [0.25, 0.3) is 132 Å². The highest BCUT2D eigenvalue weighted by Crippen LogP contribution is 2.49. The number of benzene rings is 11. The molecule has 0 atom stereocenters. The maximum absolute atomic E-state index is 2.43. The van der Waals surface area contributed by atoms with Gasteiger partial charge in [0.05, 0.1) is 22.1 Å². The lowest BCUT2D eigenvalue weighted by Crippen LogP contribution is -1.94. The Morgan fingerprint density at radius 1 is 0.226 bits per heavy atom. The second-order valence-electron chi connectivity index (χ2n) is 16.9. The molecule has 62 heavy (non-hydrogen) atoms. The number of hydrogen-bond acceptors (Lipinski definition) is 0.